The van der Waals surface area contributed by atoms with Gasteiger partial charge in [0.25, 0.3) is 0 Å². The monoisotopic (exact) mass is 177 g/mol. The van der Waals surface area contributed by atoms with Crippen LogP contribution in [0.4, 0.5) is 5.69 Å². The van der Waals surface area contributed by atoms with E-state index in [4.69, 9.17) is 5.11 Å². The standard InChI is InChI=1S/C9H7NO3/c11-6-9(12)5-7-2-1-3-8(4-7)10-13/h1-6,12H/b9-5-. The first kappa shape index (κ1) is 9.12. The van der Waals surface area contributed by atoms with Gasteiger partial charge in [0.15, 0.2) is 12.0 Å². The number of hydrogen-bond acceptors (Lipinski definition) is 4. The van der Waals surface area contributed by atoms with E-state index in [9.17, 15) is 9.70 Å². The van der Waals surface area contributed by atoms with Crippen LogP contribution in [0.1, 0.15) is 5.56 Å². The largest absolute Gasteiger partial charge is 0.505 e. The van der Waals surface area contributed by atoms with Crippen LogP contribution in [0.3, 0.4) is 0 Å². The molecular formula is C9H7NO3. The third-order valence-electron chi connectivity index (χ3n) is 1.41. The average Bonchev–Trinajstić information content (AvgIpc) is 2.18. The minimum atomic E-state index is -0.386. The normalized spacial score (nSPS) is 10.9. The van der Waals surface area contributed by atoms with E-state index in [1.54, 1.807) is 12.1 Å². The molecule has 0 aliphatic rings. The molecule has 0 aliphatic heterocycles. The van der Waals surface area contributed by atoms with Gasteiger partial charge in [0, 0.05) is 0 Å². The highest BCUT2D eigenvalue weighted by atomic mass is 16.3. The summed E-state index contributed by atoms with van der Waals surface area (Å²) in [5.74, 6) is -0.386. The van der Waals surface area contributed by atoms with Crippen molar-refractivity contribution in [3.63, 3.8) is 0 Å². The van der Waals surface area contributed by atoms with E-state index in [-0.39, 0.29) is 11.4 Å². The number of carbonyl (C=O) groups is 1. The van der Waals surface area contributed by atoms with Crippen molar-refractivity contribution in [1.82, 2.24) is 0 Å². The lowest BCUT2D eigenvalue weighted by Gasteiger charge is -1.93. The Morgan fingerprint density at radius 1 is 1.46 bits per heavy atom. The van der Waals surface area contributed by atoms with Gasteiger partial charge in [0.05, 0.1) is 0 Å². The summed E-state index contributed by atoms with van der Waals surface area (Å²) in [5, 5.41) is 11.6. The van der Waals surface area contributed by atoms with Crippen molar-refractivity contribution >= 4 is 18.0 Å². The van der Waals surface area contributed by atoms with Crippen LogP contribution in [0.25, 0.3) is 6.08 Å². The number of rotatable bonds is 3. The second-order valence-electron chi connectivity index (χ2n) is 2.37. The van der Waals surface area contributed by atoms with E-state index in [1.165, 1.54) is 18.2 Å². The number of nitrogens with zero attached hydrogens (tertiary/aromatic N) is 1. The van der Waals surface area contributed by atoms with E-state index in [0.29, 0.717) is 11.8 Å². The second-order valence-corrected chi connectivity index (χ2v) is 2.37. The number of aldehydes is 1. The Labute approximate surface area is 74.5 Å². The summed E-state index contributed by atoms with van der Waals surface area (Å²) in [7, 11) is 0. The van der Waals surface area contributed by atoms with Crippen molar-refractivity contribution < 1.29 is 9.90 Å². The highest BCUT2D eigenvalue weighted by Crippen LogP contribution is 2.14. The van der Waals surface area contributed by atoms with Gasteiger partial charge in [-0.2, -0.15) is 0 Å². The first-order valence-electron chi connectivity index (χ1n) is 3.55. The van der Waals surface area contributed by atoms with E-state index < -0.39 is 0 Å². The third-order valence-corrected chi connectivity index (χ3v) is 1.41. The number of carbonyl (C=O) groups excluding carboxylic acids is 1. The molecule has 1 aromatic rings. The smallest absolute Gasteiger partial charge is 0.184 e. The molecule has 1 rings (SSSR count). The van der Waals surface area contributed by atoms with Gasteiger partial charge in [0.1, 0.15) is 5.69 Å². The van der Waals surface area contributed by atoms with Crippen molar-refractivity contribution in [2.45, 2.75) is 0 Å². The molecule has 13 heavy (non-hydrogen) atoms. The Morgan fingerprint density at radius 3 is 2.85 bits per heavy atom. The van der Waals surface area contributed by atoms with Crippen LogP contribution in [0, 0.1) is 4.91 Å². The lowest BCUT2D eigenvalue weighted by Crippen LogP contribution is -1.80. The van der Waals surface area contributed by atoms with Crippen molar-refractivity contribution in [3.05, 3.63) is 40.5 Å². The highest BCUT2D eigenvalue weighted by molar-refractivity contribution is 5.78. The third kappa shape index (κ3) is 2.52. The van der Waals surface area contributed by atoms with Crippen molar-refractivity contribution in [1.29, 1.82) is 0 Å². The van der Waals surface area contributed by atoms with E-state index in [2.05, 4.69) is 5.18 Å². The van der Waals surface area contributed by atoms with Crippen LogP contribution < -0.4 is 0 Å². The molecule has 0 saturated heterocycles. The van der Waals surface area contributed by atoms with E-state index >= 15 is 0 Å². The average molecular weight is 177 g/mol. The Bertz CT molecular complexity index is 358. The fourth-order valence-electron chi connectivity index (χ4n) is 0.876. The molecule has 0 amide bonds. The van der Waals surface area contributed by atoms with Crippen LogP contribution in [0.2, 0.25) is 0 Å². The summed E-state index contributed by atoms with van der Waals surface area (Å²) in [6.45, 7) is 0. The Hall–Kier alpha value is -1.97. The Morgan fingerprint density at radius 2 is 2.23 bits per heavy atom. The van der Waals surface area contributed by atoms with E-state index in [0.717, 1.165) is 0 Å². The minimum absolute atomic E-state index is 0.257. The number of nitroso groups, excluding NO2 is 1. The van der Waals surface area contributed by atoms with Gasteiger partial charge in [-0.15, -0.1) is 4.91 Å². The summed E-state index contributed by atoms with van der Waals surface area (Å²) in [6.07, 6.45) is 1.57. The molecule has 0 heterocycles. The Balaban J connectivity index is 3.02. The van der Waals surface area contributed by atoms with Crippen LogP contribution in [-0.4, -0.2) is 11.4 Å². The zero-order valence-electron chi connectivity index (χ0n) is 6.68. The van der Waals surface area contributed by atoms with Gasteiger partial charge in [-0.25, -0.2) is 0 Å². The number of allylic oxidation sites excluding steroid dienone is 1. The van der Waals surface area contributed by atoms with Gasteiger partial charge >= 0.3 is 0 Å². The molecule has 1 N–H and O–H groups in total. The van der Waals surface area contributed by atoms with Gasteiger partial charge in [0.2, 0.25) is 0 Å². The van der Waals surface area contributed by atoms with Crippen molar-refractivity contribution in [2.24, 2.45) is 5.18 Å². The van der Waals surface area contributed by atoms with Crippen molar-refractivity contribution in [3.8, 4) is 0 Å². The first-order chi connectivity index (χ1) is 6.26. The SMILES string of the molecule is O=C/C(O)=C/c1cccc(N=O)c1. The molecule has 0 radical (unpaired) electrons. The summed E-state index contributed by atoms with van der Waals surface area (Å²) in [6, 6.07) is 6.25. The zero-order chi connectivity index (χ0) is 9.68. The summed E-state index contributed by atoms with van der Waals surface area (Å²) in [4.78, 5) is 20.2. The molecule has 0 aromatic heterocycles. The van der Waals surface area contributed by atoms with Gasteiger partial charge in [-0.05, 0) is 28.9 Å². The molecule has 0 saturated carbocycles. The number of hydrogen-bond donors (Lipinski definition) is 1. The lowest BCUT2D eigenvalue weighted by atomic mass is 10.2. The lowest BCUT2D eigenvalue weighted by molar-refractivity contribution is -0.106. The van der Waals surface area contributed by atoms with Gasteiger partial charge in [-0.3, -0.25) is 4.79 Å². The molecule has 0 aliphatic carbocycles. The first-order valence-corrected chi connectivity index (χ1v) is 3.55. The maximum absolute atomic E-state index is 10.1. The maximum atomic E-state index is 10.1. The number of benzene rings is 1. The molecule has 0 unspecified atom stereocenters. The maximum Gasteiger partial charge on any atom is 0.184 e. The summed E-state index contributed by atoms with van der Waals surface area (Å²) < 4.78 is 0. The molecule has 4 nitrogen and oxygen atoms in total. The summed E-state index contributed by atoms with van der Waals surface area (Å²) >= 11 is 0. The molecule has 1 aromatic carbocycles. The number of aliphatic hydroxyl groups excluding tert-OH is 1. The molecule has 4 heteroatoms. The fraction of sp³-hybridized carbons (Fsp3) is 0. The second kappa shape index (κ2) is 4.15. The molecule has 0 spiro atoms. The van der Waals surface area contributed by atoms with Gasteiger partial charge < -0.3 is 5.11 Å². The predicted octanol–water partition coefficient (Wildman–Crippen LogP) is 2.18. The quantitative estimate of drug-likeness (QED) is 0.333. The Kier molecular flexibility index (Phi) is 2.92. The fourth-order valence-corrected chi connectivity index (χ4v) is 0.876. The summed E-state index contributed by atoms with van der Waals surface area (Å²) in [5.41, 5.74) is 0.814. The highest BCUT2D eigenvalue weighted by Gasteiger charge is 1.94. The molecule has 0 bridgehead atoms. The molecule has 0 fully saturated rings. The van der Waals surface area contributed by atoms with Crippen LogP contribution >= 0.6 is 0 Å². The van der Waals surface area contributed by atoms with Crippen LogP contribution in [0.15, 0.2) is 35.2 Å². The molecule has 0 atom stereocenters. The predicted molar refractivity (Wildman–Crippen MR) is 48.6 cm³/mol. The van der Waals surface area contributed by atoms with E-state index in [1.807, 2.05) is 0 Å². The van der Waals surface area contributed by atoms with Crippen LogP contribution in [0.5, 0.6) is 0 Å². The zero-order valence-corrected chi connectivity index (χ0v) is 6.68. The molecular weight excluding hydrogens is 170 g/mol. The topological polar surface area (TPSA) is 66.7 Å². The molecule has 66 valence electrons. The van der Waals surface area contributed by atoms with Gasteiger partial charge in [-0.1, -0.05) is 12.1 Å². The minimum Gasteiger partial charge on any atom is -0.505 e. The van der Waals surface area contributed by atoms with Crippen molar-refractivity contribution in [2.75, 3.05) is 0 Å². The van der Waals surface area contributed by atoms with Crippen LogP contribution in [-0.2, 0) is 4.79 Å². The number of aliphatic hydroxyl groups is 1.